The van der Waals surface area contributed by atoms with Crippen molar-refractivity contribution in [2.24, 2.45) is 10.9 Å². The van der Waals surface area contributed by atoms with E-state index in [4.69, 9.17) is 4.99 Å². The second-order valence-corrected chi connectivity index (χ2v) is 16.5. The third-order valence-electron chi connectivity index (χ3n) is 12.6. The highest BCUT2D eigenvalue weighted by molar-refractivity contribution is 9.10. The number of aliphatic imine (C=N–C) groups is 1. The number of rotatable bonds is 11. The fraction of sp³-hybridized carbons (Fsp3) is 0.477. The van der Waals surface area contributed by atoms with Gasteiger partial charge < -0.3 is 15.1 Å². The molecule has 11 heteroatoms. The molecule has 3 aliphatic heterocycles. The minimum atomic E-state index is -0.589. The summed E-state index contributed by atoms with van der Waals surface area (Å²) in [6, 6.07) is 15.8. The summed E-state index contributed by atoms with van der Waals surface area (Å²) >= 11 is 3.63. The van der Waals surface area contributed by atoms with Gasteiger partial charge in [0.05, 0.1) is 22.4 Å². The summed E-state index contributed by atoms with van der Waals surface area (Å²) in [4.78, 5) is 38.4. The van der Waals surface area contributed by atoms with Crippen LogP contribution in [0.3, 0.4) is 0 Å². The first-order valence-electron chi connectivity index (χ1n) is 19.9. The molecule has 3 aromatic rings. The molecule has 1 N–H and O–H groups in total. The van der Waals surface area contributed by atoms with Crippen LogP contribution in [0.5, 0.6) is 0 Å². The van der Waals surface area contributed by atoms with Gasteiger partial charge in [-0.25, -0.2) is 8.78 Å². The lowest BCUT2D eigenvalue weighted by atomic mass is 9.70. The Kier molecular flexibility index (Phi) is 12.1. The van der Waals surface area contributed by atoms with E-state index in [2.05, 4.69) is 65.6 Å². The number of carbonyl (C=O) groups excluding carboxylic acids is 2. The van der Waals surface area contributed by atoms with Crippen LogP contribution < -0.4 is 20.0 Å². The molecule has 1 spiro atoms. The first kappa shape index (κ1) is 39.2. The lowest BCUT2D eigenvalue weighted by Gasteiger charge is -2.40. The zero-order valence-electron chi connectivity index (χ0n) is 32.1. The maximum atomic E-state index is 15.3. The molecule has 0 bridgehead atoms. The van der Waals surface area contributed by atoms with Gasteiger partial charge in [-0.1, -0.05) is 37.5 Å². The summed E-state index contributed by atoms with van der Waals surface area (Å²) in [5.41, 5.74) is 5.57. The van der Waals surface area contributed by atoms with E-state index in [1.807, 2.05) is 25.2 Å². The minimum Gasteiger partial charge on any atom is -0.371 e. The number of piperazine rings is 1. The van der Waals surface area contributed by atoms with Crippen LogP contribution in [0.4, 0.5) is 31.5 Å². The molecule has 1 unspecified atom stereocenters. The number of amidine groups is 1. The van der Waals surface area contributed by atoms with Gasteiger partial charge in [-0.15, -0.1) is 6.58 Å². The molecule has 4 aliphatic rings. The van der Waals surface area contributed by atoms with E-state index in [0.717, 1.165) is 86.4 Å². The van der Waals surface area contributed by atoms with E-state index >= 15 is 8.78 Å². The van der Waals surface area contributed by atoms with Gasteiger partial charge in [0.15, 0.2) is 6.29 Å². The lowest BCUT2D eigenvalue weighted by molar-refractivity contribution is -0.120. The third-order valence-corrected chi connectivity index (χ3v) is 13.3. The molecular weight excluding hydrogens is 762 g/mol. The Morgan fingerprint density at radius 2 is 1.65 bits per heavy atom. The standard InChI is InChI=1S/C44H53BrF2N6O2/c1-4-31(11-14-41(55)48-2)42-37(46)25-33(26-38(42)47)52-23-21-50(22-24-52)28-30-15-19-51(20-16-30)32-12-13-35-40(27-32)53(39-10-8-9-36(45)34(39)29-54)43(49-3)44(35)17-6-5-7-18-44/h4,8-10,12-13,25-27,29-31H,1,5-7,11,14-24,28H2,2-3H3,(H,48,55). The average molecular weight is 816 g/mol. The molecule has 3 fully saturated rings. The molecule has 8 nitrogen and oxygen atoms in total. The molecule has 3 aromatic carbocycles. The number of carbonyl (C=O) groups is 2. The molecule has 7 rings (SSSR count). The van der Waals surface area contributed by atoms with Gasteiger partial charge in [-0.3, -0.25) is 24.4 Å². The van der Waals surface area contributed by atoms with Crippen LogP contribution >= 0.6 is 15.9 Å². The highest BCUT2D eigenvalue weighted by Crippen LogP contribution is 2.54. The van der Waals surface area contributed by atoms with E-state index < -0.39 is 17.6 Å². The summed E-state index contributed by atoms with van der Waals surface area (Å²) in [5.74, 6) is -0.295. The van der Waals surface area contributed by atoms with Gasteiger partial charge >= 0.3 is 0 Å². The Morgan fingerprint density at radius 3 is 2.29 bits per heavy atom. The fourth-order valence-corrected chi connectivity index (χ4v) is 10.1. The first-order valence-corrected chi connectivity index (χ1v) is 20.7. The summed E-state index contributed by atoms with van der Waals surface area (Å²) in [7, 11) is 3.44. The molecule has 1 saturated carbocycles. The molecule has 1 amide bonds. The van der Waals surface area contributed by atoms with Crippen molar-refractivity contribution in [3.05, 3.63) is 94.0 Å². The SMILES string of the molecule is C=CC(CCC(=O)NC)c1c(F)cc(N2CCN(CC3CCN(c4ccc5c(c4)N(c4cccc(Br)c4C=O)C(=NC)C54CCCCC4)CC3)CC2)cc1F. The number of nitrogens with one attached hydrogen (secondary N) is 1. The highest BCUT2D eigenvalue weighted by Gasteiger charge is 2.50. The number of allylic oxidation sites excluding steroid dienone is 1. The Morgan fingerprint density at radius 1 is 0.964 bits per heavy atom. The van der Waals surface area contributed by atoms with Gasteiger partial charge in [-0.2, -0.15) is 0 Å². The molecule has 55 heavy (non-hydrogen) atoms. The van der Waals surface area contributed by atoms with E-state index in [0.29, 0.717) is 36.7 Å². The zero-order valence-corrected chi connectivity index (χ0v) is 33.7. The number of nitrogens with zero attached hydrogens (tertiary/aromatic N) is 5. The van der Waals surface area contributed by atoms with Crippen molar-refractivity contribution in [1.29, 1.82) is 0 Å². The van der Waals surface area contributed by atoms with Crippen molar-refractivity contribution in [2.45, 2.75) is 69.1 Å². The molecule has 0 radical (unpaired) electrons. The van der Waals surface area contributed by atoms with Crippen LogP contribution in [-0.2, 0) is 10.2 Å². The van der Waals surface area contributed by atoms with E-state index in [1.54, 1.807) is 7.05 Å². The minimum absolute atomic E-state index is 0.0194. The largest absolute Gasteiger partial charge is 0.371 e. The molecule has 2 saturated heterocycles. The number of halogens is 3. The van der Waals surface area contributed by atoms with Crippen LogP contribution in [0, 0.1) is 17.6 Å². The fourth-order valence-electron chi connectivity index (χ4n) is 9.63. The highest BCUT2D eigenvalue weighted by atomic mass is 79.9. The maximum Gasteiger partial charge on any atom is 0.219 e. The Bertz CT molecular complexity index is 1910. The van der Waals surface area contributed by atoms with E-state index in [-0.39, 0.29) is 23.3 Å². The van der Waals surface area contributed by atoms with Gasteiger partial charge in [0.25, 0.3) is 0 Å². The zero-order chi connectivity index (χ0) is 38.7. The first-order chi connectivity index (χ1) is 26.7. The van der Waals surface area contributed by atoms with Crippen molar-refractivity contribution in [1.82, 2.24) is 10.2 Å². The Hall–Kier alpha value is -4.09. The summed E-state index contributed by atoms with van der Waals surface area (Å²) < 4.78 is 31.4. The summed E-state index contributed by atoms with van der Waals surface area (Å²) in [6.07, 6.45) is 10.8. The second kappa shape index (κ2) is 17.0. The molecular formula is C44H53BrF2N6O2. The van der Waals surface area contributed by atoms with Crippen molar-refractivity contribution in [2.75, 3.05) is 74.6 Å². The van der Waals surface area contributed by atoms with Crippen LogP contribution in [0.1, 0.15) is 85.2 Å². The molecule has 3 heterocycles. The molecule has 1 atom stereocenters. The number of hydrogen-bond acceptors (Lipinski definition) is 6. The van der Waals surface area contributed by atoms with Gasteiger partial charge in [0.2, 0.25) is 5.91 Å². The Labute approximate surface area is 332 Å². The summed E-state index contributed by atoms with van der Waals surface area (Å²) in [5, 5.41) is 2.56. The van der Waals surface area contributed by atoms with Gasteiger partial charge in [0.1, 0.15) is 17.5 Å². The topological polar surface area (TPSA) is 71.5 Å². The van der Waals surface area contributed by atoms with Crippen LogP contribution in [0.2, 0.25) is 0 Å². The quantitative estimate of drug-likeness (QED) is 0.154. The lowest BCUT2D eigenvalue weighted by Crippen LogP contribution is -2.49. The third kappa shape index (κ3) is 7.71. The van der Waals surface area contributed by atoms with Crippen molar-refractivity contribution in [3.63, 3.8) is 0 Å². The van der Waals surface area contributed by atoms with Crippen LogP contribution in [-0.4, -0.2) is 82.8 Å². The van der Waals surface area contributed by atoms with Gasteiger partial charge in [0, 0.05) is 93.7 Å². The predicted octanol–water partition coefficient (Wildman–Crippen LogP) is 8.76. The predicted molar refractivity (Wildman–Crippen MR) is 222 cm³/mol. The molecule has 292 valence electrons. The average Bonchev–Trinajstić information content (AvgIpc) is 3.46. The van der Waals surface area contributed by atoms with Crippen LogP contribution in [0.25, 0.3) is 0 Å². The number of hydrogen-bond donors (Lipinski definition) is 1. The number of amides is 1. The molecule has 1 aliphatic carbocycles. The summed E-state index contributed by atoms with van der Waals surface area (Å²) in [6.45, 7) is 9.82. The van der Waals surface area contributed by atoms with Crippen molar-refractivity contribution >= 4 is 56.7 Å². The number of anilines is 4. The monoisotopic (exact) mass is 814 g/mol. The van der Waals surface area contributed by atoms with Crippen LogP contribution in [0.15, 0.2) is 70.7 Å². The number of piperidine rings is 1. The normalized spacial score (nSPS) is 20.2. The van der Waals surface area contributed by atoms with E-state index in [1.165, 1.54) is 48.7 Å². The number of aldehydes is 1. The van der Waals surface area contributed by atoms with Crippen molar-refractivity contribution < 1.29 is 18.4 Å². The number of fused-ring (bicyclic) bond motifs is 2. The van der Waals surface area contributed by atoms with E-state index in [9.17, 15) is 9.59 Å². The maximum absolute atomic E-state index is 15.3. The smallest absolute Gasteiger partial charge is 0.219 e. The van der Waals surface area contributed by atoms with Gasteiger partial charge in [-0.05, 0) is 95.9 Å². The Balaban J connectivity index is 0.990. The second-order valence-electron chi connectivity index (χ2n) is 15.6. The number of benzene rings is 3. The van der Waals surface area contributed by atoms with Crippen molar-refractivity contribution in [3.8, 4) is 0 Å². The molecule has 0 aromatic heterocycles.